The summed E-state index contributed by atoms with van der Waals surface area (Å²) >= 11 is 1.63. The molecular formula is C15H19N3OS. The van der Waals surface area contributed by atoms with Crippen LogP contribution in [0, 0.1) is 6.92 Å². The Balaban J connectivity index is 1.69. The van der Waals surface area contributed by atoms with Crippen molar-refractivity contribution in [3.8, 4) is 0 Å². The van der Waals surface area contributed by atoms with Crippen molar-refractivity contribution in [1.29, 1.82) is 0 Å². The molecule has 1 heterocycles. The number of nitrogens with zero attached hydrogens (tertiary/aromatic N) is 1. The van der Waals surface area contributed by atoms with Gasteiger partial charge in [-0.3, -0.25) is 4.79 Å². The van der Waals surface area contributed by atoms with E-state index in [0.29, 0.717) is 19.4 Å². The third-order valence-corrected chi connectivity index (χ3v) is 4.03. The molecule has 2 aromatic rings. The first-order chi connectivity index (χ1) is 9.65. The van der Waals surface area contributed by atoms with Gasteiger partial charge in [-0.2, -0.15) is 0 Å². The Labute approximate surface area is 123 Å². The molecule has 0 aliphatic carbocycles. The minimum atomic E-state index is 0.0570. The number of aryl methyl sites for hydroxylation is 2. The van der Waals surface area contributed by atoms with E-state index in [4.69, 9.17) is 5.73 Å². The van der Waals surface area contributed by atoms with E-state index in [-0.39, 0.29) is 5.91 Å². The molecule has 4 nitrogen and oxygen atoms in total. The molecule has 0 bridgehead atoms. The number of nitrogens with two attached hydrogens (primary N) is 1. The summed E-state index contributed by atoms with van der Waals surface area (Å²) in [6.07, 6.45) is 1.93. The molecule has 0 unspecified atom stereocenters. The normalized spacial score (nSPS) is 10.4. The number of carbonyl (C=O) groups excluding carboxylic acids is 1. The van der Waals surface area contributed by atoms with E-state index in [0.717, 1.165) is 28.4 Å². The van der Waals surface area contributed by atoms with E-state index in [2.05, 4.69) is 10.3 Å². The third-order valence-electron chi connectivity index (χ3n) is 3.00. The van der Waals surface area contributed by atoms with Gasteiger partial charge < -0.3 is 11.1 Å². The number of nitrogens with one attached hydrogen (secondary N) is 1. The predicted molar refractivity (Wildman–Crippen MR) is 82.7 cm³/mol. The van der Waals surface area contributed by atoms with E-state index in [9.17, 15) is 4.79 Å². The maximum Gasteiger partial charge on any atom is 0.220 e. The van der Waals surface area contributed by atoms with Crippen LogP contribution in [0.2, 0.25) is 0 Å². The fraction of sp³-hybridized carbons (Fsp3) is 0.333. The molecule has 3 N–H and O–H groups in total. The fourth-order valence-corrected chi connectivity index (χ4v) is 2.70. The first-order valence-electron chi connectivity index (χ1n) is 6.66. The second kappa shape index (κ2) is 7.05. The molecule has 20 heavy (non-hydrogen) atoms. The number of thiazole rings is 1. The number of para-hydroxylation sites is 1. The molecule has 0 aliphatic rings. The Hall–Kier alpha value is -1.88. The summed E-state index contributed by atoms with van der Waals surface area (Å²) in [7, 11) is 0. The lowest BCUT2D eigenvalue weighted by atomic mass is 10.1. The number of rotatable bonds is 6. The zero-order valence-electron chi connectivity index (χ0n) is 11.6. The van der Waals surface area contributed by atoms with Crippen molar-refractivity contribution in [3.63, 3.8) is 0 Å². The average Bonchev–Trinajstić information content (AvgIpc) is 2.83. The monoisotopic (exact) mass is 289 g/mol. The Kier molecular flexibility index (Phi) is 5.12. The fourth-order valence-electron chi connectivity index (χ4n) is 1.92. The van der Waals surface area contributed by atoms with E-state index in [1.165, 1.54) is 0 Å². The summed E-state index contributed by atoms with van der Waals surface area (Å²) < 4.78 is 0. The summed E-state index contributed by atoms with van der Waals surface area (Å²) in [5.74, 6) is 0.0570. The highest BCUT2D eigenvalue weighted by Crippen LogP contribution is 2.12. The number of hydrogen-bond donors (Lipinski definition) is 2. The van der Waals surface area contributed by atoms with Gasteiger partial charge in [0, 0.05) is 36.1 Å². The molecular weight excluding hydrogens is 270 g/mol. The summed E-state index contributed by atoms with van der Waals surface area (Å²) in [5.41, 5.74) is 8.66. The van der Waals surface area contributed by atoms with Crippen LogP contribution in [0.3, 0.4) is 0 Å². The lowest BCUT2D eigenvalue weighted by Gasteiger charge is -2.06. The molecule has 0 atom stereocenters. The molecule has 0 saturated heterocycles. The molecule has 2 rings (SSSR count). The molecule has 0 aliphatic heterocycles. The predicted octanol–water partition coefficient (Wildman–Crippen LogP) is 2.33. The second-order valence-electron chi connectivity index (χ2n) is 4.68. The molecule has 5 heteroatoms. The van der Waals surface area contributed by atoms with E-state index >= 15 is 0 Å². The summed E-state index contributed by atoms with van der Waals surface area (Å²) in [6.45, 7) is 2.61. The van der Waals surface area contributed by atoms with Crippen LogP contribution in [-0.4, -0.2) is 17.4 Å². The lowest BCUT2D eigenvalue weighted by molar-refractivity contribution is -0.121. The van der Waals surface area contributed by atoms with Crippen LogP contribution in [0.1, 0.15) is 22.7 Å². The van der Waals surface area contributed by atoms with Crippen LogP contribution in [0.5, 0.6) is 0 Å². The Morgan fingerprint density at radius 1 is 1.35 bits per heavy atom. The van der Waals surface area contributed by atoms with Crippen molar-refractivity contribution < 1.29 is 4.79 Å². The zero-order chi connectivity index (χ0) is 14.4. The number of anilines is 1. The van der Waals surface area contributed by atoms with Crippen molar-refractivity contribution in [2.45, 2.75) is 26.2 Å². The first kappa shape index (κ1) is 14.5. The number of carbonyl (C=O) groups is 1. The molecule has 106 valence electrons. The van der Waals surface area contributed by atoms with Gasteiger partial charge in [0.05, 0.1) is 5.01 Å². The van der Waals surface area contributed by atoms with Crippen LogP contribution in [0.15, 0.2) is 29.6 Å². The Morgan fingerprint density at radius 2 is 2.15 bits per heavy atom. The van der Waals surface area contributed by atoms with Gasteiger partial charge in [-0.1, -0.05) is 18.2 Å². The summed E-state index contributed by atoms with van der Waals surface area (Å²) in [6, 6.07) is 7.66. The zero-order valence-corrected chi connectivity index (χ0v) is 12.4. The van der Waals surface area contributed by atoms with Gasteiger partial charge >= 0.3 is 0 Å². The highest BCUT2D eigenvalue weighted by Gasteiger charge is 2.05. The van der Waals surface area contributed by atoms with Gasteiger partial charge in [0.2, 0.25) is 5.91 Å². The van der Waals surface area contributed by atoms with Gasteiger partial charge in [-0.05, 0) is 25.0 Å². The summed E-state index contributed by atoms with van der Waals surface area (Å²) in [4.78, 5) is 16.1. The average molecular weight is 289 g/mol. The van der Waals surface area contributed by atoms with E-state index in [1.54, 1.807) is 11.3 Å². The maximum absolute atomic E-state index is 11.8. The van der Waals surface area contributed by atoms with Crippen molar-refractivity contribution in [2.75, 3.05) is 12.3 Å². The lowest BCUT2D eigenvalue weighted by Crippen LogP contribution is -2.25. The smallest absolute Gasteiger partial charge is 0.220 e. The van der Waals surface area contributed by atoms with Gasteiger partial charge in [0.1, 0.15) is 0 Å². The largest absolute Gasteiger partial charge is 0.399 e. The highest BCUT2D eigenvalue weighted by atomic mass is 32.1. The Morgan fingerprint density at radius 3 is 2.85 bits per heavy atom. The number of aromatic nitrogens is 1. The van der Waals surface area contributed by atoms with Gasteiger partial charge in [0.15, 0.2) is 0 Å². The van der Waals surface area contributed by atoms with Crippen LogP contribution in [-0.2, 0) is 17.6 Å². The topological polar surface area (TPSA) is 68.0 Å². The third kappa shape index (κ3) is 4.35. The minimum Gasteiger partial charge on any atom is -0.399 e. The number of nitrogen functional groups attached to an aromatic ring is 1. The van der Waals surface area contributed by atoms with Crippen molar-refractivity contribution in [1.82, 2.24) is 10.3 Å². The number of amides is 1. The Bertz CT molecular complexity index is 580. The molecule has 0 fully saturated rings. The van der Waals surface area contributed by atoms with E-state index < -0.39 is 0 Å². The van der Waals surface area contributed by atoms with Crippen LogP contribution < -0.4 is 11.1 Å². The van der Waals surface area contributed by atoms with Crippen molar-refractivity contribution in [3.05, 3.63) is 45.9 Å². The second-order valence-corrected chi connectivity index (χ2v) is 5.62. The van der Waals surface area contributed by atoms with Crippen LogP contribution in [0.25, 0.3) is 0 Å². The van der Waals surface area contributed by atoms with Crippen molar-refractivity contribution in [2.24, 2.45) is 0 Å². The van der Waals surface area contributed by atoms with E-state index in [1.807, 2.05) is 36.6 Å². The molecule has 0 radical (unpaired) electrons. The quantitative estimate of drug-likeness (QED) is 0.802. The van der Waals surface area contributed by atoms with Crippen LogP contribution in [0.4, 0.5) is 5.69 Å². The number of benzene rings is 1. The van der Waals surface area contributed by atoms with Gasteiger partial charge in [-0.15, -0.1) is 11.3 Å². The minimum absolute atomic E-state index is 0.0570. The summed E-state index contributed by atoms with van der Waals surface area (Å²) in [5, 5.41) is 6.01. The maximum atomic E-state index is 11.8. The molecule has 0 saturated carbocycles. The molecule has 0 spiro atoms. The van der Waals surface area contributed by atoms with Crippen LogP contribution >= 0.6 is 11.3 Å². The molecule has 1 aromatic carbocycles. The standard InChI is InChI=1S/C15H19N3OS/c1-11-10-20-15(18-11)8-9-17-14(19)7-6-12-4-2-3-5-13(12)16/h2-5,10H,6-9,16H2,1H3,(H,17,19). The molecule has 1 aromatic heterocycles. The first-order valence-corrected chi connectivity index (χ1v) is 7.54. The number of hydrogen-bond acceptors (Lipinski definition) is 4. The highest BCUT2D eigenvalue weighted by molar-refractivity contribution is 7.09. The van der Waals surface area contributed by atoms with Gasteiger partial charge in [0.25, 0.3) is 0 Å². The molecule has 1 amide bonds. The SMILES string of the molecule is Cc1csc(CCNC(=O)CCc2ccccc2N)n1. The van der Waals surface area contributed by atoms with Gasteiger partial charge in [-0.25, -0.2) is 4.98 Å². The van der Waals surface area contributed by atoms with Crippen molar-refractivity contribution >= 4 is 22.9 Å².